The third kappa shape index (κ3) is 3.18. The lowest BCUT2D eigenvalue weighted by Gasteiger charge is -2.12. The standard InChI is InChI=1S/C16H18N2O5/c1-4-23-12(19)8-17-15(21)13-14(20)10-7-9(2)5-6-11(10)18(3)16(13)22/h5-7,20H,4,8H2,1-3H3,(H,17,21). The van der Waals surface area contributed by atoms with Gasteiger partial charge in [0, 0.05) is 12.4 Å². The molecule has 0 bridgehead atoms. The van der Waals surface area contributed by atoms with Crippen molar-refractivity contribution in [2.24, 2.45) is 7.05 Å². The zero-order valence-electron chi connectivity index (χ0n) is 13.2. The van der Waals surface area contributed by atoms with E-state index in [4.69, 9.17) is 4.74 Å². The highest BCUT2D eigenvalue weighted by atomic mass is 16.5. The summed E-state index contributed by atoms with van der Waals surface area (Å²) >= 11 is 0. The summed E-state index contributed by atoms with van der Waals surface area (Å²) in [7, 11) is 1.52. The van der Waals surface area contributed by atoms with E-state index in [0.717, 1.165) is 5.56 Å². The summed E-state index contributed by atoms with van der Waals surface area (Å²) in [5.41, 5.74) is 0.361. The van der Waals surface area contributed by atoms with Crippen LogP contribution in [0.5, 0.6) is 5.75 Å². The van der Waals surface area contributed by atoms with Crippen LogP contribution in [0, 0.1) is 6.92 Å². The second kappa shape index (κ2) is 6.51. The molecule has 0 saturated carbocycles. The van der Waals surface area contributed by atoms with Crippen LogP contribution in [0.2, 0.25) is 0 Å². The van der Waals surface area contributed by atoms with Crippen molar-refractivity contribution in [2.45, 2.75) is 13.8 Å². The Bertz CT molecular complexity index is 838. The van der Waals surface area contributed by atoms with Gasteiger partial charge in [-0.05, 0) is 26.0 Å². The van der Waals surface area contributed by atoms with Gasteiger partial charge in [-0.2, -0.15) is 0 Å². The maximum absolute atomic E-state index is 12.3. The van der Waals surface area contributed by atoms with Gasteiger partial charge in [0.1, 0.15) is 17.9 Å². The van der Waals surface area contributed by atoms with Crippen LogP contribution in [0.4, 0.5) is 0 Å². The normalized spacial score (nSPS) is 10.6. The SMILES string of the molecule is CCOC(=O)CNC(=O)c1c(O)c2cc(C)ccc2n(C)c1=O. The van der Waals surface area contributed by atoms with Gasteiger partial charge in [0.2, 0.25) is 0 Å². The average Bonchev–Trinajstić information content (AvgIpc) is 2.51. The fourth-order valence-corrected chi connectivity index (χ4v) is 2.30. The van der Waals surface area contributed by atoms with Crippen LogP contribution in [-0.4, -0.2) is 34.7 Å². The Kier molecular flexibility index (Phi) is 4.68. The number of aromatic nitrogens is 1. The van der Waals surface area contributed by atoms with Gasteiger partial charge in [0.15, 0.2) is 0 Å². The molecule has 1 aromatic heterocycles. The maximum atomic E-state index is 12.3. The first-order valence-electron chi connectivity index (χ1n) is 7.13. The zero-order valence-corrected chi connectivity index (χ0v) is 13.2. The predicted octanol–water partition coefficient (Wildman–Crippen LogP) is 0.845. The molecule has 7 nitrogen and oxygen atoms in total. The molecule has 7 heteroatoms. The van der Waals surface area contributed by atoms with Crippen molar-refractivity contribution >= 4 is 22.8 Å². The van der Waals surface area contributed by atoms with E-state index in [2.05, 4.69) is 5.32 Å². The average molecular weight is 318 g/mol. The number of rotatable bonds is 4. The molecule has 0 radical (unpaired) electrons. The molecule has 0 aliphatic heterocycles. The number of hydrogen-bond donors (Lipinski definition) is 2. The van der Waals surface area contributed by atoms with Gasteiger partial charge in [-0.3, -0.25) is 14.4 Å². The van der Waals surface area contributed by atoms with E-state index in [-0.39, 0.29) is 13.2 Å². The Balaban J connectivity index is 2.46. The van der Waals surface area contributed by atoms with Crippen molar-refractivity contribution in [1.29, 1.82) is 0 Å². The lowest BCUT2D eigenvalue weighted by Crippen LogP contribution is -2.35. The largest absolute Gasteiger partial charge is 0.506 e. The molecular formula is C16H18N2O5. The lowest BCUT2D eigenvalue weighted by molar-refractivity contribution is -0.141. The minimum absolute atomic E-state index is 0.191. The number of pyridine rings is 1. The summed E-state index contributed by atoms with van der Waals surface area (Å²) < 4.78 is 5.98. The zero-order chi connectivity index (χ0) is 17.1. The molecule has 23 heavy (non-hydrogen) atoms. The molecule has 0 unspecified atom stereocenters. The Labute approximate surface area is 132 Å². The first-order valence-corrected chi connectivity index (χ1v) is 7.13. The smallest absolute Gasteiger partial charge is 0.325 e. The summed E-state index contributed by atoms with van der Waals surface area (Å²) in [5, 5.41) is 13.0. The van der Waals surface area contributed by atoms with Gasteiger partial charge in [-0.25, -0.2) is 0 Å². The number of nitrogens with zero attached hydrogens (tertiary/aromatic N) is 1. The third-order valence-electron chi connectivity index (χ3n) is 3.45. The molecule has 2 N–H and O–H groups in total. The van der Waals surface area contributed by atoms with E-state index in [9.17, 15) is 19.5 Å². The molecule has 1 aromatic carbocycles. The highest BCUT2D eigenvalue weighted by Gasteiger charge is 2.21. The molecule has 0 aliphatic carbocycles. The van der Waals surface area contributed by atoms with E-state index in [1.165, 1.54) is 11.6 Å². The van der Waals surface area contributed by atoms with E-state index in [0.29, 0.717) is 10.9 Å². The summed E-state index contributed by atoms with van der Waals surface area (Å²) in [6.45, 7) is 3.30. The monoisotopic (exact) mass is 318 g/mol. The first kappa shape index (κ1) is 16.5. The van der Waals surface area contributed by atoms with Crippen LogP contribution in [0.15, 0.2) is 23.0 Å². The number of benzene rings is 1. The number of aryl methyl sites for hydroxylation is 2. The van der Waals surface area contributed by atoms with Crippen LogP contribution in [0.25, 0.3) is 10.9 Å². The highest BCUT2D eigenvalue weighted by molar-refractivity contribution is 6.03. The van der Waals surface area contributed by atoms with Crippen LogP contribution >= 0.6 is 0 Å². The van der Waals surface area contributed by atoms with Gasteiger partial charge >= 0.3 is 5.97 Å². The third-order valence-corrected chi connectivity index (χ3v) is 3.45. The quantitative estimate of drug-likeness (QED) is 0.814. The van der Waals surface area contributed by atoms with Crippen molar-refractivity contribution in [3.8, 4) is 5.75 Å². The molecule has 122 valence electrons. The molecule has 0 spiro atoms. The van der Waals surface area contributed by atoms with Crippen LogP contribution in [0.1, 0.15) is 22.8 Å². The lowest BCUT2D eigenvalue weighted by atomic mass is 10.1. The van der Waals surface area contributed by atoms with Crippen molar-refractivity contribution in [2.75, 3.05) is 13.2 Å². The fraction of sp³-hybridized carbons (Fsp3) is 0.312. The van der Waals surface area contributed by atoms with Crippen molar-refractivity contribution in [3.05, 3.63) is 39.7 Å². The summed E-state index contributed by atoms with van der Waals surface area (Å²) in [6, 6.07) is 5.19. The summed E-state index contributed by atoms with van der Waals surface area (Å²) in [6.07, 6.45) is 0. The van der Waals surface area contributed by atoms with E-state index in [1.54, 1.807) is 19.1 Å². The number of hydrogen-bond acceptors (Lipinski definition) is 5. The first-order chi connectivity index (χ1) is 10.9. The second-order valence-electron chi connectivity index (χ2n) is 5.10. The number of aromatic hydroxyl groups is 1. The Hall–Kier alpha value is -2.83. The van der Waals surface area contributed by atoms with Crippen LogP contribution in [0.3, 0.4) is 0 Å². The molecule has 0 saturated heterocycles. The Morgan fingerprint density at radius 3 is 2.70 bits per heavy atom. The van der Waals surface area contributed by atoms with Gasteiger partial charge in [-0.1, -0.05) is 11.6 Å². The minimum atomic E-state index is -0.820. The second-order valence-corrected chi connectivity index (χ2v) is 5.10. The minimum Gasteiger partial charge on any atom is -0.506 e. The summed E-state index contributed by atoms with van der Waals surface area (Å²) in [5.74, 6) is -1.83. The Morgan fingerprint density at radius 2 is 2.04 bits per heavy atom. The number of ether oxygens (including phenoxy) is 1. The highest BCUT2D eigenvalue weighted by Crippen LogP contribution is 2.26. The van der Waals surface area contributed by atoms with Crippen LogP contribution < -0.4 is 10.9 Å². The molecule has 1 amide bonds. The Morgan fingerprint density at radius 1 is 1.35 bits per heavy atom. The van der Waals surface area contributed by atoms with Gasteiger partial charge in [-0.15, -0.1) is 0 Å². The van der Waals surface area contributed by atoms with E-state index >= 15 is 0 Å². The van der Waals surface area contributed by atoms with Gasteiger partial charge < -0.3 is 19.7 Å². The molecule has 0 aliphatic rings. The van der Waals surface area contributed by atoms with Crippen molar-refractivity contribution < 1.29 is 19.4 Å². The maximum Gasteiger partial charge on any atom is 0.325 e. The van der Waals surface area contributed by atoms with Crippen LogP contribution in [-0.2, 0) is 16.6 Å². The van der Waals surface area contributed by atoms with Crippen molar-refractivity contribution in [1.82, 2.24) is 9.88 Å². The molecular weight excluding hydrogens is 300 g/mol. The summed E-state index contributed by atoms with van der Waals surface area (Å²) in [4.78, 5) is 35.8. The number of carbonyl (C=O) groups is 2. The molecule has 1 heterocycles. The van der Waals surface area contributed by atoms with Gasteiger partial charge in [0.05, 0.1) is 12.1 Å². The van der Waals surface area contributed by atoms with E-state index < -0.39 is 28.7 Å². The molecule has 0 fully saturated rings. The number of amides is 1. The number of carbonyl (C=O) groups excluding carboxylic acids is 2. The molecule has 2 aromatic rings. The van der Waals surface area contributed by atoms with Crippen molar-refractivity contribution in [3.63, 3.8) is 0 Å². The molecule has 2 rings (SSSR count). The molecule has 0 atom stereocenters. The number of esters is 1. The topological polar surface area (TPSA) is 97.6 Å². The van der Waals surface area contributed by atoms with E-state index in [1.807, 2.05) is 13.0 Å². The number of fused-ring (bicyclic) bond motifs is 1. The predicted molar refractivity (Wildman–Crippen MR) is 84.6 cm³/mol. The van der Waals surface area contributed by atoms with Gasteiger partial charge in [0.25, 0.3) is 11.5 Å². The number of nitrogens with one attached hydrogen (secondary N) is 1. The fourth-order valence-electron chi connectivity index (χ4n) is 2.30.